The van der Waals surface area contributed by atoms with Crippen LogP contribution >= 0.6 is 12.2 Å². The van der Waals surface area contributed by atoms with E-state index in [1.165, 1.54) is 0 Å². The van der Waals surface area contributed by atoms with Crippen LogP contribution in [0.4, 0.5) is 5.82 Å². The molecule has 154 valence electrons. The molecule has 1 aliphatic rings. The van der Waals surface area contributed by atoms with Crippen molar-refractivity contribution in [3.63, 3.8) is 0 Å². The number of thiocarbonyl (C=S) groups is 1. The zero-order valence-corrected chi connectivity index (χ0v) is 17.3. The number of benzene rings is 1. The van der Waals surface area contributed by atoms with Crippen LogP contribution in [0.15, 0.2) is 55.3 Å². The van der Waals surface area contributed by atoms with Crippen LogP contribution < -0.4 is 15.4 Å². The van der Waals surface area contributed by atoms with Gasteiger partial charge in [0.1, 0.15) is 17.1 Å². The van der Waals surface area contributed by atoms with Crippen molar-refractivity contribution in [3.05, 3.63) is 55.3 Å². The van der Waals surface area contributed by atoms with E-state index in [0.717, 1.165) is 42.9 Å². The van der Waals surface area contributed by atoms with Gasteiger partial charge in [-0.05, 0) is 61.5 Å². The molecule has 1 fully saturated rings. The molecule has 3 aromatic rings. The van der Waals surface area contributed by atoms with Crippen LogP contribution in [0.25, 0.3) is 22.4 Å². The minimum Gasteiger partial charge on any atom is -0.465 e. The molecule has 0 radical (unpaired) electrons. The number of aromatic nitrogens is 3. The van der Waals surface area contributed by atoms with Gasteiger partial charge in [-0.2, -0.15) is 0 Å². The zero-order valence-electron chi connectivity index (χ0n) is 16.5. The minimum absolute atomic E-state index is 0.160. The monoisotopic (exact) mass is 421 g/mol. The summed E-state index contributed by atoms with van der Waals surface area (Å²) in [6.07, 6.45) is 6.47. The minimum atomic E-state index is -0.160. The van der Waals surface area contributed by atoms with Crippen molar-refractivity contribution in [1.29, 1.82) is 0 Å². The quantitative estimate of drug-likeness (QED) is 0.455. The summed E-state index contributed by atoms with van der Waals surface area (Å²) in [7, 11) is 0. The zero-order chi connectivity index (χ0) is 20.8. The third-order valence-electron chi connectivity index (χ3n) is 4.61. The Morgan fingerprint density at radius 2 is 2.07 bits per heavy atom. The first kappa shape index (κ1) is 20.2. The summed E-state index contributed by atoms with van der Waals surface area (Å²) in [5.41, 5.74) is 2.92. The highest BCUT2D eigenvalue weighted by Crippen LogP contribution is 2.24. The smallest absolute Gasteiger partial charge is 0.199 e. The van der Waals surface area contributed by atoms with Crippen LogP contribution in [0.1, 0.15) is 19.3 Å². The van der Waals surface area contributed by atoms with E-state index in [1.54, 1.807) is 12.3 Å². The molecule has 1 saturated heterocycles. The Balaban J connectivity index is 1.49. The number of hydrogen-bond acceptors (Lipinski definition) is 6. The molecule has 8 heteroatoms. The van der Waals surface area contributed by atoms with Gasteiger partial charge in [0.05, 0.1) is 18.5 Å². The summed E-state index contributed by atoms with van der Waals surface area (Å²) in [5, 5.41) is 6.52. The van der Waals surface area contributed by atoms with Gasteiger partial charge in [0.25, 0.3) is 0 Å². The van der Waals surface area contributed by atoms with E-state index >= 15 is 0 Å². The van der Waals surface area contributed by atoms with Crippen molar-refractivity contribution >= 4 is 34.3 Å². The van der Waals surface area contributed by atoms with Gasteiger partial charge in [0.15, 0.2) is 17.0 Å². The molecular formula is C22H23N5O2S. The average Bonchev–Trinajstić information content (AvgIpc) is 2.78. The van der Waals surface area contributed by atoms with Crippen LogP contribution in [-0.4, -0.2) is 39.5 Å². The predicted octanol–water partition coefficient (Wildman–Crippen LogP) is 4.07. The first-order valence-electron chi connectivity index (χ1n) is 9.89. The van der Waals surface area contributed by atoms with Crippen molar-refractivity contribution in [3.8, 4) is 17.0 Å². The fraction of sp³-hybridized carbons (Fsp3) is 0.273. The molecule has 1 atom stereocenters. The van der Waals surface area contributed by atoms with Gasteiger partial charge in [-0.3, -0.25) is 4.98 Å². The molecule has 1 aliphatic heterocycles. The molecule has 0 amide bonds. The topological polar surface area (TPSA) is 81.2 Å². The van der Waals surface area contributed by atoms with Crippen LogP contribution in [0.2, 0.25) is 0 Å². The van der Waals surface area contributed by atoms with E-state index < -0.39 is 0 Å². The fourth-order valence-electron chi connectivity index (χ4n) is 3.09. The molecule has 7 nitrogen and oxygen atoms in total. The van der Waals surface area contributed by atoms with E-state index in [0.29, 0.717) is 28.6 Å². The summed E-state index contributed by atoms with van der Waals surface area (Å²) in [6.45, 7) is 4.99. The van der Waals surface area contributed by atoms with Crippen LogP contribution in [0.5, 0.6) is 5.75 Å². The maximum Gasteiger partial charge on any atom is 0.199 e. The lowest BCUT2D eigenvalue weighted by molar-refractivity contribution is -0.105. The Hall–Kier alpha value is -3.10. The Kier molecular flexibility index (Phi) is 6.46. The van der Waals surface area contributed by atoms with E-state index in [9.17, 15) is 0 Å². The van der Waals surface area contributed by atoms with Gasteiger partial charge < -0.3 is 20.1 Å². The van der Waals surface area contributed by atoms with Crippen LogP contribution in [-0.2, 0) is 4.74 Å². The number of nitrogens with one attached hydrogen (secondary N) is 2. The Morgan fingerprint density at radius 3 is 2.83 bits per heavy atom. The maximum atomic E-state index is 5.89. The van der Waals surface area contributed by atoms with E-state index in [2.05, 4.69) is 32.2 Å². The molecule has 0 aliphatic carbocycles. The van der Waals surface area contributed by atoms with Crippen LogP contribution in [0, 0.1) is 0 Å². The van der Waals surface area contributed by atoms with Gasteiger partial charge in [0.2, 0.25) is 0 Å². The first-order valence-corrected chi connectivity index (χ1v) is 10.3. The molecule has 0 saturated carbocycles. The summed E-state index contributed by atoms with van der Waals surface area (Å²) in [5.74, 6) is 1.39. The molecule has 30 heavy (non-hydrogen) atoms. The Bertz CT molecular complexity index is 1040. The number of pyridine rings is 1. The second-order valence-corrected chi connectivity index (χ2v) is 7.26. The molecule has 4 rings (SSSR count). The number of fused-ring (bicyclic) bond motifs is 1. The Morgan fingerprint density at radius 1 is 1.20 bits per heavy atom. The van der Waals surface area contributed by atoms with Crippen molar-refractivity contribution in [1.82, 2.24) is 20.3 Å². The molecule has 1 unspecified atom stereocenters. The lowest BCUT2D eigenvalue weighted by Crippen LogP contribution is -2.28. The molecule has 0 bridgehead atoms. The highest BCUT2D eigenvalue weighted by atomic mass is 32.1. The third-order valence-corrected chi connectivity index (χ3v) is 4.86. The van der Waals surface area contributed by atoms with Crippen molar-refractivity contribution in [2.24, 2.45) is 0 Å². The van der Waals surface area contributed by atoms with E-state index in [1.807, 2.05) is 36.4 Å². The van der Waals surface area contributed by atoms with Gasteiger partial charge in [-0.25, -0.2) is 9.97 Å². The third kappa shape index (κ3) is 5.08. The number of nitrogens with zero attached hydrogens (tertiary/aromatic N) is 3. The van der Waals surface area contributed by atoms with Gasteiger partial charge in [-0.1, -0.05) is 6.08 Å². The fourth-order valence-corrected chi connectivity index (χ4v) is 3.28. The normalized spacial score (nSPS) is 16.1. The van der Waals surface area contributed by atoms with Crippen molar-refractivity contribution < 1.29 is 9.47 Å². The molecule has 0 spiro atoms. The summed E-state index contributed by atoms with van der Waals surface area (Å²) >= 11 is 5.23. The van der Waals surface area contributed by atoms with Crippen LogP contribution in [0.3, 0.4) is 0 Å². The lowest BCUT2D eigenvalue weighted by Gasteiger charge is -2.23. The molecule has 3 heterocycles. The second kappa shape index (κ2) is 9.60. The van der Waals surface area contributed by atoms with Crippen molar-refractivity contribution in [2.75, 3.05) is 18.5 Å². The second-order valence-electron chi connectivity index (χ2n) is 6.86. The van der Waals surface area contributed by atoms with Gasteiger partial charge in [-0.15, -0.1) is 6.58 Å². The summed E-state index contributed by atoms with van der Waals surface area (Å²) in [4.78, 5) is 13.7. The summed E-state index contributed by atoms with van der Waals surface area (Å²) < 4.78 is 11.5. The highest BCUT2D eigenvalue weighted by molar-refractivity contribution is 7.80. The van der Waals surface area contributed by atoms with E-state index in [4.69, 9.17) is 21.7 Å². The highest BCUT2D eigenvalue weighted by Gasteiger charge is 2.15. The van der Waals surface area contributed by atoms with Crippen molar-refractivity contribution in [2.45, 2.75) is 25.6 Å². The molecule has 1 aromatic carbocycles. The molecule has 2 N–H and O–H groups in total. The largest absolute Gasteiger partial charge is 0.465 e. The number of hydrogen-bond donors (Lipinski definition) is 2. The lowest BCUT2D eigenvalue weighted by atomic mass is 10.1. The Labute approximate surface area is 180 Å². The standard InChI is InChI=1S/C22H23N5O2S/c1-2-12-23-22(30)27-19-11-10-17-21(26-19)25-18(14-24-17)15-6-8-16(9-7-15)29-20-5-3-4-13-28-20/h2,6-11,14,20H,1,3-5,12-13H2,(H2,23,25,26,27,30). The number of ether oxygens (including phenoxy) is 2. The van der Waals surface area contributed by atoms with Gasteiger partial charge >= 0.3 is 0 Å². The molecule has 2 aromatic heterocycles. The SMILES string of the molecule is C=CCNC(=S)Nc1ccc2ncc(-c3ccc(OC4CCCCO4)cc3)nc2n1. The predicted molar refractivity (Wildman–Crippen MR) is 121 cm³/mol. The molecular weight excluding hydrogens is 398 g/mol. The average molecular weight is 422 g/mol. The number of anilines is 1. The van der Waals surface area contributed by atoms with Gasteiger partial charge in [0, 0.05) is 18.5 Å². The van der Waals surface area contributed by atoms with E-state index in [-0.39, 0.29) is 6.29 Å². The maximum absolute atomic E-state index is 5.89. The first-order chi connectivity index (χ1) is 14.7. The summed E-state index contributed by atoms with van der Waals surface area (Å²) in [6, 6.07) is 11.5. The number of rotatable bonds is 6.